The third-order valence-electron chi connectivity index (χ3n) is 0.419. The molecule has 36 heteroatoms. The average molecular weight is 1340 g/mol. The Kier molecular flexibility index (Phi) is 35.5. The Morgan fingerprint density at radius 2 is 0.528 bits per heavy atom. The Hall–Kier alpha value is 9.83. The molecule has 0 saturated heterocycles. The van der Waals surface area contributed by atoms with E-state index in [4.69, 9.17) is 71.0 Å². The molecule has 0 fully saturated rings. The van der Waals surface area contributed by atoms with Gasteiger partial charge in [0.2, 0.25) is 0 Å². The molecule has 0 rings (SSSR count). The summed E-state index contributed by atoms with van der Waals surface area (Å²) in [5.74, 6) is 0. The quantitative estimate of drug-likeness (QED) is 0.0918. The Bertz CT molecular complexity index is 657. The summed E-state index contributed by atoms with van der Waals surface area (Å²) in [5.41, 5.74) is 0. The molecule has 2 radical (unpaired) electrons. The summed E-state index contributed by atoms with van der Waals surface area (Å²) in [7, 11) is -20.8. The predicted molar refractivity (Wildman–Crippen MR) is 95.6 cm³/mol. The number of hydrogen-bond donors (Lipinski definition) is 18. The van der Waals surface area contributed by atoms with Crippen LogP contribution in [0, 0.1) is 0 Å². The molecular formula is H18Cs4O26P4Te2. The van der Waals surface area contributed by atoms with Crippen LogP contribution in [0.2, 0.25) is 0 Å². The van der Waals surface area contributed by atoms with E-state index in [1.54, 1.807) is 0 Å². The standard InChI is InChI=1S/4Cs.2H4O7P2.2H6O6Te/c;;;;2*1-8(2,3)7-9(4,5)6;2*1-7(2,3,4,5)6/h;;;;2*(H2,1,2,3)(H2,4,5,6);2*1-6H/q;;2*+1;;;;/p-2. The van der Waals surface area contributed by atoms with E-state index < -0.39 is 67.1 Å². The molecule has 0 saturated carbocycles. The van der Waals surface area contributed by atoms with Crippen LogP contribution >= 0.6 is 31.3 Å². The summed E-state index contributed by atoms with van der Waals surface area (Å²) in [6.07, 6.45) is 0. The third kappa shape index (κ3) is 169. The van der Waals surface area contributed by atoms with E-state index in [2.05, 4.69) is 8.62 Å². The van der Waals surface area contributed by atoms with E-state index in [1.807, 2.05) is 0 Å². The normalized spacial score (nSPS) is 18.6. The van der Waals surface area contributed by atoms with Gasteiger partial charge in [0, 0.05) is 138 Å². The van der Waals surface area contributed by atoms with Gasteiger partial charge < -0.3 is 39.1 Å². The van der Waals surface area contributed by atoms with Gasteiger partial charge in [-0.05, 0) is 0 Å². The van der Waals surface area contributed by atoms with E-state index in [9.17, 15) is 28.0 Å². The van der Waals surface area contributed by atoms with Gasteiger partial charge in [-0.1, -0.05) is 0 Å². The van der Waals surface area contributed by atoms with Crippen molar-refractivity contribution in [2.75, 3.05) is 0 Å². The summed E-state index contributed by atoms with van der Waals surface area (Å²) in [6, 6.07) is 0. The Morgan fingerprint density at radius 1 is 0.444 bits per heavy atom. The maximum absolute atomic E-state index is 9.59. The van der Waals surface area contributed by atoms with Crippen molar-refractivity contribution in [1.82, 2.24) is 0 Å². The van der Waals surface area contributed by atoms with E-state index in [0.29, 0.717) is 0 Å². The Balaban J connectivity index is -0.0000000470. The van der Waals surface area contributed by atoms with Crippen LogP contribution in [0.25, 0.3) is 0 Å². The van der Waals surface area contributed by atoms with Crippen molar-refractivity contribution in [3.8, 4) is 0 Å². The molecule has 0 heterocycles. The van der Waals surface area contributed by atoms with Crippen LogP contribution < -0.4 is 148 Å². The van der Waals surface area contributed by atoms with Crippen LogP contribution in [-0.2, 0) is 26.9 Å². The van der Waals surface area contributed by atoms with E-state index >= 15 is 0 Å². The van der Waals surface area contributed by atoms with Crippen LogP contribution in [0.1, 0.15) is 0 Å². The molecule has 0 aromatic rings. The molecule has 18 N–H and O–H groups in total. The van der Waals surface area contributed by atoms with Gasteiger partial charge >= 0.3 is 231 Å². The summed E-state index contributed by atoms with van der Waals surface area (Å²) < 4.78 is 133. The first kappa shape index (κ1) is 64.4. The molecule has 26 nitrogen and oxygen atoms in total. The van der Waals surface area contributed by atoms with Crippen molar-refractivity contribution >= 4 is 205 Å². The van der Waals surface area contributed by atoms with Crippen LogP contribution in [0.3, 0.4) is 0 Å². The molecular weight excluding hydrogens is 1330 g/mol. The second-order valence-corrected chi connectivity index (χ2v) is 23.7. The number of rotatable bonds is 4. The predicted octanol–water partition coefficient (Wildman–Crippen LogP) is -17.1. The first-order chi connectivity index (χ1) is 12.3. The molecule has 0 aliphatic rings. The van der Waals surface area contributed by atoms with E-state index in [-0.39, 0.29) is 276 Å². The monoisotopic (exact) mass is 1350 g/mol. The van der Waals surface area contributed by atoms with Gasteiger partial charge in [-0.2, -0.15) is 0 Å². The second-order valence-electron chi connectivity index (χ2n) is 4.53. The molecule has 0 aromatic heterocycles. The second kappa shape index (κ2) is 19.9. The van der Waals surface area contributed by atoms with Crippen molar-refractivity contribution in [2.24, 2.45) is 0 Å². The molecule has 2 atom stereocenters. The van der Waals surface area contributed by atoms with Crippen molar-refractivity contribution < 1.29 is 245 Å². The smallest absolute Gasteiger partial charge is 0 e. The average Bonchev–Trinajstić information content (AvgIpc) is 1.88. The number of phosphoric acid groups is 4. The van der Waals surface area contributed by atoms with Crippen LogP contribution in [0.4, 0.5) is 0 Å². The minimum absolute atomic E-state index is 0. The summed E-state index contributed by atoms with van der Waals surface area (Å²) in [6.45, 7) is 0. The minimum atomic E-state index is -8.18. The van der Waals surface area contributed by atoms with E-state index in [0.717, 1.165) is 0 Å². The van der Waals surface area contributed by atoms with Gasteiger partial charge in [-0.25, -0.2) is 17.8 Å². The van der Waals surface area contributed by atoms with Gasteiger partial charge in [0.1, 0.15) is 0 Å². The summed E-state index contributed by atoms with van der Waals surface area (Å²) >= 11 is -16.4. The molecule has 0 aliphatic heterocycles. The first-order valence-corrected chi connectivity index (χ1v) is 23.8. The Labute approximate surface area is 435 Å². The first-order valence-electron chi connectivity index (χ1n) is 5.22. The molecule has 0 aromatic carbocycles. The SMILES string of the molecule is O=P([O-])(O)OP(=O)(O)O.O=P([O-])(O)OP(=O)(O)O.O[Te](O)(O)(O)(O)O.O[Te](O)(O)(O)(O)O.[Cs+].[Cs+].[Cs].[Cs]. The molecule has 0 amide bonds. The van der Waals surface area contributed by atoms with Crippen molar-refractivity contribution in [3.63, 3.8) is 0 Å². The molecule has 36 heavy (non-hydrogen) atoms. The van der Waals surface area contributed by atoms with Crippen molar-refractivity contribution in [3.05, 3.63) is 0 Å². The van der Waals surface area contributed by atoms with Crippen LogP contribution in [-0.4, -0.2) is 245 Å². The maximum Gasteiger partial charge on any atom is 1.00 e. The van der Waals surface area contributed by atoms with Gasteiger partial charge in [0.25, 0.3) is 15.6 Å². The largest absolute Gasteiger partial charge is 1.00 e. The zero-order valence-electron chi connectivity index (χ0n) is 17.9. The van der Waals surface area contributed by atoms with E-state index in [1.165, 1.54) is 0 Å². The summed E-state index contributed by atoms with van der Waals surface area (Å²) in [5, 5.41) is 0. The third-order valence-corrected chi connectivity index (χ3v) is 3.77. The van der Waals surface area contributed by atoms with Crippen LogP contribution in [0.15, 0.2) is 0 Å². The molecule has 0 spiro atoms. The summed E-state index contributed by atoms with van der Waals surface area (Å²) in [4.78, 5) is 65.1. The fraction of sp³-hybridized carbons (Fsp3) is 0. The topological polar surface area (TPSA) is 497 Å². The van der Waals surface area contributed by atoms with Crippen molar-refractivity contribution in [2.45, 2.75) is 0 Å². The van der Waals surface area contributed by atoms with Crippen LogP contribution in [0.5, 0.6) is 0 Å². The van der Waals surface area contributed by atoms with Gasteiger partial charge in [0.15, 0.2) is 0 Å². The molecule has 2 unspecified atom stereocenters. The molecule has 0 aliphatic carbocycles. The zero-order valence-corrected chi connectivity index (χ0v) is 51.3. The number of hydrogen-bond acceptors (Lipinski definition) is 20. The van der Waals surface area contributed by atoms with Crippen molar-refractivity contribution in [1.29, 1.82) is 0 Å². The van der Waals surface area contributed by atoms with Gasteiger partial charge in [-0.3, -0.25) is 9.13 Å². The maximum atomic E-state index is 9.59. The Morgan fingerprint density at radius 3 is 0.528 bits per heavy atom. The van der Waals surface area contributed by atoms with Gasteiger partial charge in [-0.15, -0.1) is 0 Å². The molecule has 0 bridgehead atoms. The van der Waals surface area contributed by atoms with Gasteiger partial charge in [0.05, 0.1) is 0 Å². The molecule has 210 valence electrons. The fourth-order valence-corrected chi connectivity index (χ4v) is 2.42. The zero-order chi connectivity index (χ0) is 28.2. The fourth-order valence-electron chi connectivity index (χ4n) is 0.269. The minimum Gasteiger partial charge on any atom is 0 e.